The fourth-order valence-electron chi connectivity index (χ4n) is 3.23. The van der Waals surface area contributed by atoms with Gasteiger partial charge in [-0.2, -0.15) is 0 Å². The predicted molar refractivity (Wildman–Crippen MR) is 112 cm³/mol. The van der Waals surface area contributed by atoms with E-state index in [4.69, 9.17) is 4.74 Å². The van der Waals surface area contributed by atoms with E-state index >= 15 is 0 Å². The van der Waals surface area contributed by atoms with Gasteiger partial charge in [-0.3, -0.25) is 9.78 Å². The number of carbonyl (C=O) groups excluding carboxylic acids is 1. The molecule has 152 valence electrons. The van der Waals surface area contributed by atoms with E-state index in [1.165, 1.54) is 11.0 Å². The molecule has 1 unspecified atom stereocenters. The standard InChI is InChI=1S/C22H22N6O2/c29-22(19(28-16-25-26-27-28)15-17-7-2-1-3-8-17)24-13-6-14-30-20-11-4-9-18-10-5-12-23-21(18)20/h1-5,7-12,16,19H,6,13-15H2,(H,24,29). The number of carbonyl (C=O) groups is 1. The van der Waals surface area contributed by atoms with Gasteiger partial charge in [0.05, 0.1) is 6.61 Å². The molecule has 0 fully saturated rings. The van der Waals surface area contributed by atoms with Crippen LogP contribution in [0, 0.1) is 0 Å². The van der Waals surface area contributed by atoms with Crippen LogP contribution in [0.25, 0.3) is 10.9 Å². The molecule has 0 radical (unpaired) electrons. The van der Waals surface area contributed by atoms with Crippen molar-refractivity contribution < 1.29 is 9.53 Å². The Morgan fingerprint density at radius 2 is 1.93 bits per heavy atom. The summed E-state index contributed by atoms with van der Waals surface area (Å²) >= 11 is 0. The van der Waals surface area contributed by atoms with Crippen molar-refractivity contribution in [3.63, 3.8) is 0 Å². The third-order valence-corrected chi connectivity index (χ3v) is 4.73. The van der Waals surface area contributed by atoms with Crippen molar-refractivity contribution in [3.05, 3.63) is 78.8 Å². The lowest BCUT2D eigenvalue weighted by Crippen LogP contribution is -2.35. The van der Waals surface area contributed by atoms with E-state index in [0.717, 1.165) is 22.2 Å². The van der Waals surface area contributed by atoms with Gasteiger partial charge in [-0.1, -0.05) is 48.5 Å². The minimum atomic E-state index is -0.509. The zero-order valence-electron chi connectivity index (χ0n) is 16.4. The maximum atomic E-state index is 12.8. The second-order valence-corrected chi connectivity index (χ2v) is 6.82. The van der Waals surface area contributed by atoms with E-state index in [-0.39, 0.29) is 5.91 Å². The minimum Gasteiger partial charge on any atom is -0.491 e. The van der Waals surface area contributed by atoms with Crippen LogP contribution in [0.5, 0.6) is 5.75 Å². The van der Waals surface area contributed by atoms with Gasteiger partial charge in [0.25, 0.3) is 0 Å². The number of rotatable bonds is 9. The third kappa shape index (κ3) is 4.78. The van der Waals surface area contributed by atoms with Gasteiger partial charge in [-0.25, -0.2) is 4.68 Å². The van der Waals surface area contributed by atoms with Crippen molar-refractivity contribution >= 4 is 16.8 Å². The molecule has 0 aliphatic rings. The first-order valence-electron chi connectivity index (χ1n) is 9.82. The van der Waals surface area contributed by atoms with Crippen LogP contribution in [-0.4, -0.2) is 44.3 Å². The van der Waals surface area contributed by atoms with E-state index in [0.29, 0.717) is 26.0 Å². The van der Waals surface area contributed by atoms with Crippen LogP contribution in [0.15, 0.2) is 73.2 Å². The van der Waals surface area contributed by atoms with Crippen LogP contribution in [0.2, 0.25) is 0 Å². The van der Waals surface area contributed by atoms with Crippen molar-refractivity contribution in [1.82, 2.24) is 30.5 Å². The number of pyridine rings is 1. The molecule has 0 saturated carbocycles. The van der Waals surface area contributed by atoms with Crippen molar-refractivity contribution in [2.45, 2.75) is 18.9 Å². The molecule has 0 bridgehead atoms. The molecule has 1 amide bonds. The summed E-state index contributed by atoms with van der Waals surface area (Å²) in [5, 5.41) is 15.2. The summed E-state index contributed by atoms with van der Waals surface area (Å²) in [5.41, 5.74) is 1.88. The Labute approximate surface area is 173 Å². The average molecular weight is 402 g/mol. The number of hydrogen-bond donors (Lipinski definition) is 1. The molecule has 8 heteroatoms. The Bertz CT molecular complexity index is 1080. The summed E-state index contributed by atoms with van der Waals surface area (Å²) in [7, 11) is 0. The van der Waals surface area contributed by atoms with E-state index in [2.05, 4.69) is 25.8 Å². The second-order valence-electron chi connectivity index (χ2n) is 6.82. The molecule has 1 atom stereocenters. The summed E-state index contributed by atoms with van der Waals surface area (Å²) in [6.07, 6.45) is 4.39. The normalized spacial score (nSPS) is 11.9. The van der Waals surface area contributed by atoms with E-state index in [1.54, 1.807) is 6.20 Å². The molecule has 8 nitrogen and oxygen atoms in total. The van der Waals surface area contributed by atoms with Crippen molar-refractivity contribution in [2.24, 2.45) is 0 Å². The molecule has 1 N–H and O–H groups in total. The van der Waals surface area contributed by atoms with Gasteiger partial charge in [-0.05, 0) is 34.5 Å². The first-order chi connectivity index (χ1) is 14.8. The van der Waals surface area contributed by atoms with Gasteiger partial charge in [0.15, 0.2) is 0 Å². The fraction of sp³-hybridized carbons (Fsp3) is 0.227. The Kier molecular flexibility index (Phi) is 6.24. The highest BCUT2D eigenvalue weighted by Crippen LogP contribution is 2.22. The molecule has 30 heavy (non-hydrogen) atoms. The quantitative estimate of drug-likeness (QED) is 0.433. The van der Waals surface area contributed by atoms with Crippen LogP contribution >= 0.6 is 0 Å². The van der Waals surface area contributed by atoms with Gasteiger partial charge in [0, 0.05) is 24.5 Å². The Hall–Kier alpha value is -3.81. The van der Waals surface area contributed by atoms with Gasteiger partial charge >= 0.3 is 0 Å². The highest BCUT2D eigenvalue weighted by molar-refractivity contribution is 5.84. The van der Waals surface area contributed by atoms with Gasteiger partial charge in [0.2, 0.25) is 5.91 Å². The first kappa shape index (κ1) is 19.5. The first-order valence-corrected chi connectivity index (χ1v) is 9.82. The zero-order valence-corrected chi connectivity index (χ0v) is 16.4. The number of nitrogens with zero attached hydrogens (tertiary/aromatic N) is 5. The van der Waals surface area contributed by atoms with Crippen molar-refractivity contribution in [1.29, 1.82) is 0 Å². The Balaban J connectivity index is 1.30. The van der Waals surface area contributed by atoms with Crippen molar-refractivity contribution in [2.75, 3.05) is 13.2 Å². The van der Waals surface area contributed by atoms with Crippen LogP contribution in [0.1, 0.15) is 18.0 Å². The summed E-state index contributed by atoms with van der Waals surface area (Å²) in [5.74, 6) is 0.619. The lowest BCUT2D eigenvalue weighted by atomic mass is 10.1. The number of tetrazole rings is 1. The highest BCUT2D eigenvalue weighted by Gasteiger charge is 2.21. The zero-order chi connectivity index (χ0) is 20.6. The Morgan fingerprint density at radius 1 is 1.07 bits per heavy atom. The highest BCUT2D eigenvalue weighted by atomic mass is 16.5. The molecular formula is C22H22N6O2. The Morgan fingerprint density at radius 3 is 2.77 bits per heavy atom. The molecule has 2 heterocycles. The number of nitrogens with one attached hydrogen (secondary N) is 1. The van der Waals surface area contributed by atoms with Crippen LogP contribution in [0.3, 0.4) is 0 Å². The van der Waals surface area contributed by atoms with Crippen molar-refractivity contribution in [3.8, 4) is 5.75 Å². The molecule has 0 saturated heterocycles. The lowest BCUT2D eigenvalue weighted by molar-refractivity contribution is -0.124. The van der Waals surface area contributed by atoms with E-state index < -0.39 is 6.04 Å². The van der Waals surface area contributed by atoms with Crippen LogP contribution in [0.4, 0.5) is 0 Å². The maximum Gasteiger partial charge on any atom is 0.245 e. The minimum absolute atomic E-state index is 0.127. The molecule has 0 spiro atoms. The molecular weight excluding hydrogens is 380 g/mol. The van der Waals surface area contributed by atoms with Gasteiger partial charge in [0.1, 0.15) is 23.6 Å². The van der Waals surface area contributed by atoms with E-state index in [1.807, 2.05) is 60.7 Å². The average Bonchev–Trinajstić information content (AvgIpc) is 3.32. The van der Waals surface area contributed by atoms with Gasteiger partial charge < -0.3 is 10.1 Å². The molecule has 4 aromatic rings. The largest absolute Gasteiger partial charge is 0.491 e. The monoisotopic (exact) mass is 402 g/mol. The molecule has 2 aromatic heterocycles. The lowest BCUT2D eigenvalue weighted by Gasteiger charge is -2.16. The SMILES string of the molecule is O=C(NCCCOc1cccc2cccnc12)C(Cc1ccccc1)n1cnnn1. The molecule has 2 aromatic carbocycles. The topological polar surface area (TPSA) is 94.8 Å². The summed E-state index contributed by atoms with van der Waals surface area (Å²) in [6.45, 7) is 0.967. The maximum absolute atomic E-state index is 12.8. The number of benzene rings is 2. The number of para-hydroxylation sites is 1. The molecule has 0 aliphatic carbocycles. The fourth-order valence-corrected chi connectivity index (χ4v) is 3.23. The summed E-state index contributed by atoms with van der Waals surface area (Å²) < 4.78 is 7.36. The summed E-state index contributed by atoms with van der Waals surface area (Å²) in [6, 6.07) is 19.1. The molecule has 0 aliphatic heterocycles. The number of aromatic nitrogens is 5. The number of hydrogen-bond acceptors (Lipinski definition) is 6. The second kappa shape index (κ2) is 9.60. The number of ether oxygens (including phenoxy) is 1. The van der Waals surface area contributed by atoms with Crippen LogP contribution < -0.4 is 10.1 Å². The number of amides is 1. The van der Waals surface area contributed by atoms with E-state index in [9.17, 15) is 4.79 Å². The van der Waals surface area contributed by atoms with Gasteiger partial charge in [-0.15, -0.1) is 5.10 Å². The molecule has 4 rings (SSSR count). The van der Waals surface area contributed by atoms with Crippen LogP contribution in [-0.2, 0) is 11.2 Å². The smallest absolute Gasteiger partial charge is 0.245 e. The third-order valence-electron chi connectivity index (χ3n) is 4.73. The number of fused-ring (bicyclic) bond motifs is 1. The summed E-state index contributed by atoms with van der Waals surface area (Å²) in [4.78, 5) is 17.2. The predicted octanol–water partition coefficient (Wildman–Crippen LogP) is 2.59.